The van der Waals surface area contributed by atoms with Crippen molar-refractivity contribution in [3.63, 3.8) is 0 Å². The molecule has 0 bridgehead atoms. The summed E-state index contributed by atoms with van der Waals surface area (Å²) in [6, 6.07) is 0.832. The summed E-state index contributed by atoms with van der Waals surface area (Å²) >= 11 is 1.88. The minimum Gasteiger partial charge on any atom is -0.304 e. The van der Waals surface area contributed by atoms with Crippen LogP contribution in [0, 0.1) is 0 Å². The summed E-state index contributed by atoms with van der Waals surface area (Å²) in [5.74, 6) is 0. The second-order valence-electron chi connectivity index (χ2n) is 3.42. The minimum absolute atomic E-state index is 0.832. The zero-order chi connectivity index (χ0) is 8.97. The molecular formula is C9H20N2S. The maximum absolute atomic E-state index is 2.47. The van der Waals surface area contributed by atoms with Crippen molar-refractivity contribution < 1.29 is 0 Å². The van der Waals surface area contributed by atoms with Crippen molar-refractivity contribution in [3.8, 4) is 0 Å². The molecule has 0 aromatic rings. The smallest absolute Gasteiger partial charge is 0.0117 e. The molecule has 0 aliphatic carbocycles. The van der Waals surface area contributed by atoms with Crippen LogP contribution in [0.3, 0.4) is 0 Å². The maximum atomic E-state index is 2.47. The lowest BCUT2D eigenvalue weighted by Gasteiger charge is -2.35. The molecule has 0 spiro atoms. The first-order valence-corrected chi connectivity index (χ1v) is 5.95. The van der Waals surface area contributed by atoms with E-state index in [4.69, 9.17) is 0 Å². The summed E-state index contributed by atoms with van der Waals surface area (Å²) in [6.45, 7) is 5.94. The van der Waals surface area contributed by atoms with E-state index in [0.29, 0.717) is 0 Å². The van der Waals surface area contributed by atoms with Crippen LogP contribution in [0.4, 0.5) is 0 Å². The maximum Gasteiger partial charge on any atom is 0.0117 e. The predicted molar refractivity (Wildman–Crippen MR) is 56.4 cm³/mol. The van der Waals surface area contributed by atoms with E-state index in [0.717, 1.165) is 6.04 Å². The van der Waals surface area contributed by atoms with Crippen LogP contribution >= 0.6 is 11.9 Å². The highest BCUT2D eigenvalue weighted by molar-refractivity contribution is 7.96. The fraction of sp³-hybridized carbons (Fsp3) is 1.00. The van der Waals surface area contributed by atoms with E-state index >= 15 is 0 Å². The lowest BCUT2D eigenvalue weighted by Crippen LogP contribution is -2.40. The van der Waals surface area contributed by atoms with Crippen LogP contribution in [0.1, 0.15) is 19.8 Å². The molecule has 0 saturated carbocycles. The van der Waals surface area contributed by atoms with Gasteiger partial charge in [-0.25, -0.2) is 0 Å². The van der Waals surface area contributed by atoms with Crippen molar-refractivity contribution in [3.05, 3.63) is 0 Å². The molecule has 1 heterocycles. The molecule has 0 aromatic carbocycles. The monoisotopic (exact) mass is 188 g/mol. The topological polar surface area (TPSA) is 6.48 Å². The second kappa shape index (κ2) is 5.10. The van der Waals surface area contributed by atoms with Gasteiger partial charge in [-0.2, -0.15) is 0 Å². The van der Waals surface area contributed by atoms with Crippen molar-refractivity contribution in [2.45, 2.75) is 25.8 Å². The summed E-state index contributed by atoms with van der Waals surface area (Å²) in [5.41, 5.74) is 0. The molecule has 0 unspecified atom stereocenters. The fourth-order valence-electron chi connectivity index (χ4n) is 1.72. The van der Waals surface area contributed by atoms with Crippen molar-refractivity contribution in [1.82, 2.24) is 9.21 Å². The Labute approximate surface area is 80.4 Å². The third-order valence-electron chi connectivity index (χ3n) is 2.80. The average Bonchev–Trinajstić information content (AvgIpc) is 2.17. The lowest BCUT2D eigenvalue weighted by atomic mass is 10.1. The van der Waals surface area contributed by atoms with Crippen LogP contribution in [0.15, 0.2) is 0 Å². The Kier molecular flexibility index (Phi) is 4.40. The fourth-order valence-corrected chi connectivity index (χ4v) is 2.30. The van der Waals surface area contributed by atoms with E-state index in [1.165, 1.54) is 32.5 Å². The van der Waals surface area contributed by atoms with Gasteiger partial charge in [0.05, 0.1) is 0 Å². The Morgan fingerprint density at radius 3 is 2.42 bits per heavy atom. The molecule has 0 atom stereocenters. The van der Waals surface area contributed by atoms with E-state index in [1.807, 2.05) is 11.9 Å². The molecule has 72 valence electrons. The van der Waals surface area contributed by atoms with Crippen LogP contribution < -0.4 is 0 Å². The van der Waals surface area contributed by atoms with Gasteiger partial charge in [0.1, 0.15) is 0 Å². The average molecular weight is 188 g/mol. The van der Waals surface area contributed by atoms with Gasteiger partial charge in [0, 0.05) is 19.1 Å². The van der Waals surface area contributed by atoms with Gasteiger partial charge in [-0.3, -0.25) is 4.31 Å². The third kappa shape index (κ3) is 2.64. The van der Waals surface area contributed by atoms with E-state index in [-0.39, 0.29) is 0 Å². The normalized spacial score (nSPS) is 22.0. The predicted octanol–water partition coefficient (Wildman–Crippen LogP) is 1.68. The molecule has 1 aliphatic rings. The van der Waals surface area contributed by atoms with Crippen molar-refractivity contribution >= 4 is 11.9 Å². The Balaban J connectivity index is 2.25. The van der Waals surface area contributed by atoms with Gasteiger partial charge in [0.15, 0.2) is 0 Å². The van der Waals surface area contributed by atoms with Crippen LogP contribution in [0.5, 0.6) is 0 Å². The minimum atomic E-state index is 0.832. The number of hydrogen-bond donors (Lipinski definition) is 0. The summed E-state index contributed by atoms with van der Waals surface area (Å²) < 4.78 is 2.46. The van der Waals surface area contributed by atoms with Gasteiger partial charge >= 0.3 is 0 Å². The number of nitrogens with zero attached hydrogens (tertiary/aromatic N) is 2. The van der Waals surface area contributed by atoms with Gasteiger partial charge in [-0.1, -0.05) is 18.9 Å². The zero-order valence-corrected chi connectivity index (χ0v) is 9.23. The molecule has 1 rings (SSSR count). The molecule has 0 N–H and O–H groups in total. The van der Waals surface area contributed by atoms with E-state index in [9.17, 15) is 0 Å². The molecule has 1 aliphatic heterocycles. The largest absolute Gasteiger partial charge is 0.304 e. The van der Waals surface area contributed by atoms with Crippen LogP contribution in [0.25, 0.3) is 0 Å². The van der Waals surface area contributed by atoms with Crippen molar-refractivity contribution in [2.75, 3.05) is 32.9 Å². The molecule has 1 fully saturated rings. The SMILES string of the molecule is CCN(C)C1CCN(SC)CC1. The van der Waals surface area contributed by atoms with Crippen LogP contribution in [-0.4, -0.2) is 48.2 Å². The Morgan fingerprint density at radius 2 is 2.00 bits per heavy atom. The van der Waals surface area contributed by atoms with Crippen LogP contribution in [-0.2, 0) is 0 Å². The summed E-state index contributed by atoms with van der Waals surface area (Å²) in [5, 5.41) is 0. The molecule has 0 aromatic heterocycles. The van der Waals surface area contributed by atoms with Gasteiger partial charge in [0.2, 0.25) is 0 Å². The third-order valence-corrected chi connectivity index (χ3v) is 3.69. The lowest BCUT2D eigenvalue weighted by molar-refractivity contribution is 0.180. The first-order chi connectivity index (χ1) is 5.77. The molecule has 1 saturated heterocycles. The Morgan fingerprint density at radius 1 is 1.42 bits per heavy atom. The number of hydrogen-bond acceptors (Lipinski definition) is 3. The van der Waals surface area contributed by atoms with Crippen molar-refractivity contribution in [1.29, 1.82) is 0 Å². The molecule has 2 nitrogen and oxygen atoms in total. The molecular weight excluding hydrogens is 168 g/mol. The highest BCUT2D eigenvalue weighted by atomic mass is 32.2. The highest BCUT2D eigenvalue weighted by Gasteiger charge is 2.20. The van der Waals surface area contributed by atoms with Gasteiger partial charge in [-0.05, 0) is 32.7 Å². The summed E-state index contributed by atoms with van der Waals surface area (Å²) in [6.07, 6.45) is 4.85. The van der Waals surface area contributed by atoms with Gasteiger partial charge < -0.3 is 4.90 Å². The first-order valence-electron chi connectivity index (χ1n) is 4.77. The molecule has 0 radical (unpaired) electrons. The second-order valence-corrected chi connectivity index (χ2v) is 4.30. The summed E-state index contributed by atoms with van der Waals surface area (Å²) in [7, 11) is 2.24. The van der Waals surface area contributed by atoms with E-state index in [1.54, 1.807) is 0 Å². The zero-order valence-electron chi connectivity index (χ0n) is 8.42. The standard InChI is InChI=1S/C9H20N2S/c1-4-10(2)9-5-7-11(12-3)8-6-9/h9H,4-8H2,1-3H3. The molecule has 3 heteroatoms. The quantitative estimate of drug-likeness (QED) is 0.622. The number of piperidine rings is 1. The number of rotatable bonds is 3. The Hall–Kier alpha value is 0.270. The van der Waals surface area contributed by atoms with E-state index in [2.05, 4.69) is 29.4 Å². The van der Waals surface area contributed by atoms with Gasteiger partial charge in [0.25, 0.3) is 0 Å². The van der Waals surface area contributed by atoms with Crippen molar-refractivity contribution in [2.24, 2.45) is 0 Å². The summed E-state index contributed by atoms with van der Waals surface area (Å²) in [4.78, 5) is 2.47. The first kappa shape index (κ1) is 10.4. The van der Waals surface area contributed by atoms with Gasteiger partial charge in [-0.15, -0.1) is 0 Å². The Bertz CT molecular complexity index is 122. The highest BCUT2D eigenvalue weighted by Crippen LogP contribution is 2.19. The van der Waals surface area contributed by atoms with Crippen LogP contribution in [0.2, 0.25) is 0 Å². The van der Waals surface area contributed by atoms with E-state index < -0.39 is 0 Å². The molecule has 0 amide bonds. The molecule has 12 heavy (non-hydrogen) atoms.